The van der Waals surface area contributed by atoms with Crippen LogP contribution >= 0.6 is 0 Å². The molecule has 50 heavy (non-hydrogen) atoms. The normalized spacial score (nSPS) is 15.0. The summed E-state index contributed by atoms with van der Waals surface area (Å²) < 4.78 is 49.2. The number of para-hydroxylation sites is 1. The van der Waals surface area contributed by atoms with Gasteiger partial charge in [0.25, 0.3) is 0 Å². The van der Waals surface area contributed by atoms with Gasteiger partial charge in [-0.1, -0.05) is 153 Å². The second-order valence-electron chi connectivity index (χ2n) is 14.0. The number of rotatable bonds is 3. The van der Waals surface area contributed by atoms with Crippen LogP contribution in [0.5, 0.6) is 0 Å². The van der Waals surface area contributed by atoms with Crippen LogP contribution in [0.3, 0.4) is 0 Å². The van der Waals surface area contributed by atoms with Crippen molar-refractivity contribution < 1.29 is 11.3 Å². The molecule has 1 aromatic heterocycles. The molecule has 0 bridgehead atoms. The molecule has 0 radical (unpaired) electrons. The summed E-state index contributed by atoms with van der Waals surface area (Å²) in [5, 5.41) is 8.79. The number of fused-ring (bicyclic) bond motifs is 6. The molecule has 0 N–H and O–H groups in total. The van der Waals surface area contributed by atoms with Crippen molar-refractivity contribution in [3.63, 3.8) is 0 Å². The number of furan rings is 1. The fraction of sp³-hybridized carbons (Fsp3) is 0.0612. The summed E-state index contributed by atoms with van der Waals surface area (Å²) in [6.45, 7) is 4.64. The van der Waals surface area contributed by atoms with Crippen molar-refractivity contribution in [2.45, 2.75) is 19.3 Å². The first-order chi connectivity index (χ1) is 26.6. The molecule has 0 saturated carbocycles. The van der Waals surface area contributed by atoms with Gasteiger partial charge in [-0.15, -0.1) is 0 Å². The van der Waals surface area contributed by atoms with Gasteiger partial charge in [0.2, 0.25) is 0 Å². The van der Waals surface area contributed by atoms with Crippen LogP contribution in [0.1, 0.15) is 31.8 Å². The molecule has 0 saturated heterocycles. The fourth-order valence-corrected chi connectivity index (χ4v) is 8.86. The Balaban J connectivity index is 1.22. The van der Waals surface area contributed by atoms with E-state index in [2.05, 4.69) is 111 Å². The maximum Gasteiger partial charge on any atom is 0.136 e. The van der Waals surface area contributed by atoms with Crippen LogP contribution < -0.4 is 0 Å². The second kappa shape index (κ2) is 9.94. The molecule has 1 heteroatoms. The van der Waals surface area contributed by atoms with Crippen molar-refractivity contribution in [3.8, 4) is 44.5 Å². The molecule has 0 amide bonds. The van der Waals surface area contributed by atoms with Gasteiger partial charge in [-0.2, -0.15) is 0 Å². The van der Waals surface area contributed by atoms with Gasteiger partial charge in [0.05, 0.1) is 6.85 Å². The molecule has 10 aromatic rings. The van der Waals surface area contributed by atoms with Crippen molar-refractivity contribution in [2.24, 2.45) is 0 Å². The molecule has 1 aliphatic rings. The average Bonchev–Trinajstić information content (AvgIpc) is 3.70. The Morgan fingerprint density at radius 3 is 1.88 bits per heavy atom. The summed E-state index contributed by atoms with van der Waals surface area (Å²) in [7, 11) is 0. The number of hydrogen-bond donors (Lipinski definition) is 0. The standard InChI is InChI=1S/C49H32O/c1-49(2)41-16-8-6-13-38(41)47-35(15-10-17-42(47)49)33-23-19-30-22-26-37-34(24-20-31-21-25-36(33)45(30)46(31)37)40-27-32(29-11-4-3-5-12-29)28-44-48(40)39-14-7-9-18-43(39)50-44/h3-28H,1-2H3/i3D,4D,5D,11D,12D. The first kappa shape index (κ1) is 23.2. The molecular formula is C49H32O. The maximum atomic E-state index is 8.83. The molecule has 234 valence electrons. The lowest BCUT2D eigenvalue weighted by Gasteiger charge is -2.22. The SMILES string of the molecule is [2H]c1c([2H])c([2H])c(-c2cc(-c3ccc4ccc5c(-c6cccc7c6-c6ccccc6C7(C)C)ccc6ccc3c4c65)c3c(c2)oc2ccccc23)c([2H])c1[2H]. The van der Waals surface area contributed by atoms with Gasteiger partial charge in [-0.05, 0) is 106 Å². The monoisotopic (exact) mass is 641 g/mol. The lowest BCUT2D eigenvalue weighted by atomic mass is 9.81. The van der Waals surface area contributed by atoms with Gasteiger partial charge in [-0.25, -0.2) is 0 Å². The lowest BCUT2D eigenvalue weighted by molar-refractivity contribution is 0.660. The third kappa shape index (κ3) is 3.67. The minimum Gasteiger partial charge on any atom is -0.456 e. The first-order valence-corrected chi connectivity index (χ1v) is 17.1. The molecule has 1 heterocycles. The maximum absolute atomic E-state index is 8.83. The van der Waals surface area contributed by atoms with Crippen molar-refractivity contribution in [2.75, 3.05) is 0 Å². The predicted molar refractivity (Wildman–Crippen MR) is 211 cm³/mol. The topological polar surface area (TPSA) is 13.1 Å². The quantitative estimate of drug-likeness (QED) is 0.175. The van der Waals surface area contributed by atoms with E-state index in [-0.39, 0.29) is 35.1 Å². The van der Waals surface area contributed by atoms with Crippen molar-refractivity contribution in [3.05, 3.63) is 169 Å². The Morgan fingerprint density at radius 2 is 1.10 bits per heavy atom. The molecule has 0 atom stereocenters. The van der Waals surface area contributed by atoms with E-state index < -0.39 is 6.04 Å². The van der Waals surface area contributed by atoms with Crippen LogP contribution in [0.15, 0.2) is 162 Å². The number of benzene rings is 9. The van der Waals surface area contributed by atoms with E-state index in [1.54, 1.807) is 0 Å². The van der Waals surface area contributed by atoms with Crippen LogP contribution in [0.2, 0.25) is 0 Å². The molecule has 0 spiro atoms. The average molecular weight is 642 g/mol. The minimum absolute atomic E-state index is 0.104. The van der Waals surface area contributed by atoms with E-state index in [4.69, 9.17) is 11.3 Å². The molecular weight excluding hydrogens is 605 g/mol. The molecule has 0 unspecified atom stereocenters. The van der Waals surface area contributed by atoms with Crippen molar-refractivity contribution in [1.82, 2.24) is 0 Å². The number of hydrogen-bond acceptors (Lipinski definition) is 1. The molecule has 0 aliphatic heterocycles. The van der Waals surface area contributed by atoms with Gasteiger partial charge < -0.3 is 4.42 Å². The van der Waals surface area contributed by atoms with E-state index >= 15 is 0 Å². The zero-order valence-electron chi connectivity index (χ0n) is 32.5. The van der Waals surface area contributed by atoms with E-state index in [1.807, 2.05) is 30.3 Å². The Morgan fingerprint density at radius 1 is 0.460 bits per heavy atom. The van der Waals surface area contributed by atoms with Crippen LogP contribution in [0.25, 0.3) is 98.8 Å². The van der Waals surface area contributed by atoms with Gasteiger partial charge in [-0.3, -0.25) is 0 Å². The van der Waals surface area contributed by atoms with Gasteiger partial charge in [0.1, 0.15) is 11.2 Å². The molecule has 1 aliphatic carbocycles. The summed E-state index contributed by atoms with van der Waals surface area (Å²) in [6.07, 6.45) is 0. The predicted octanol–water partition coefficient (Wildman–Crippen LogP) is 13.8. The van der Waals surface area contributed by atoms with Crippen LogP contribution in [0, 0.1) is 0 Å². The summed E-state index contributed by atoms with van der Waals surface area (Å²) in [5.41, 5.74) is 11.4. The van der Waals surface area contributed by atoms with E-state index in [0.29, 0.717) is 11.1 Å². The third-order valence-corrected chi connectivity index (χ3v) is 11.1. The summed E-state index contributed by atoms with van der Waals surface area (Å²) >= 11 is 0. The Labute approximate surface area is 297 Å². The van der Waals surface area contributed by atoms with E-state index in [1.165, 1.54) is 44.2 Å². The highest BCUT2D eigenvalue weighted by Gasteiger charge is 2.36. The largest absolute Gasteiger partial charge is 0.456 e. The van der Waals surface area contributed by atoms with Crippen molar-refractivity contribution in [1.29, 1.82) is 0 Å². The summed E-state index contributed by atoms with van der Waals surface area (Å²) in [5.74, 6) is 0. The smallest absolute Gasteiger partial charge is 0.136 e. The van der Waals surface area contributed by atoms with Gasteiger partial charge in [0.15, 0.2) is 0 Å². The molecule has 0 fully saturated rings. The van der Waals surface area contributed by atoms with Crippen LogP contribution in [-0.4, -0.2) is 0 Å². The summed E-state index contributed by atoms with van der Waals surface area (Å²) in [6, 6.07) is 43.4. The zero-order chi connectivity index (χ0) is 37.5. The fourth-order valence-electron chi connectivity index (χ4n) is 8.86. The summed E-state index contributed by atoms with van der Waals surface area (Å²) in [4.78, 5) is 0. The third-order valence-electron chi connectivity index (χ3n) is 11.1. The lowest BCUT2D eigenvalue weighted by Crippen LogP contribution is -2.14. The van der Waals surface area contributed by atoms with Gasteiger partial charge in [0, 0.05) is 16.2 Å². The zero-order valence-corrected chi connectivity index (χ0v) is 27.5. The molecule has 9 aromatic carbocycles. The Bertz CT molecular complexity index is 3270. The van der Waals surface area contributed by atoms with Crippen molar-refractivity contribution >= 4 is 54.3 Å². The van der Waals surface area contributed by atoms with Gasteiger partial charge >= 0.3 is 0 Å². The van der Waals surface area contributed by atoms with E-state index in [0.717, 1.165) is 49.0 Å². The highest BCUT2D eigenvalue weighted by molar-refractivity contribution is 6.29. The minimum atomic E-state index is -0.414. The highest BCUT2D eigenvalue weighted by Crippen LogP contribution is 2.53. The van der Waals surface area contributed by atoms with Crippen LogP contribution in [0.4, 0.5) is 0 Å². The highest BCUT2D eigenvalue weighted by atomic mass is 16.3. The molecule has 11 rings (SSSR count). The molecule has 1 nitrogen and oxygen atoms in total. The van der Waals surface area contributed by atoms with Crippen LogP contribution in [-0.2, 0) is 5.41 Å². The van der Waals surface area contributed by atoms with E-state index in [9.17, 15) is 0 Å². The first-order valence-electron chi connectivity index (χ1n) is 19.6. The second-order valence-corrected chi connectivity index (χ2v) is 14.0. The Hall–Kier alpha value is -6.18. The Kier molecular flexibility index (Phi) is 4.61.